The fourth-order valence-corrected chi connectivity index (χ4v) is 3.28. The van der Waals surface area contributed by atoms with Crippen LogP contribution >= 0.6 is 0 Å². The zero-order valence-corrected chi connectivity index (χ0v) is 13.0. The van der Waals surface area contributed by atoms with Gasteiger partial charge in [0.05, 0.1) is 5.75 Å². The standard InChI is InChI=1S/C16H17F2NO2S/c1-12-3-2-4-13(9-12)11-22(20,21)19-8-7-14-10-15(17)5-6-16(14)18/h2-6,9-10,19H,7-8,11H2,1H3. The molecule has 0 fully saturated rings. The molecule has 3 nitrogen and oxygen atoms in total. The van der Waals surface area contributed by atoms with Gasteiger partial charge in [-0.1, -0.05) is 29.8 Å². The normalized spacial score (nSPS) is 11.6. The zero-order chi connectivity index (χ0) is 16.2. The maximum atomic E-state index is 13.4. The van der Waals surface area contributed by atoms with Gasteiger partial charge in [0.15, 0.2) is 0 Å². The van der Waals surface area contributed by atoms with Crippen molar-refractivity contribution in [1.29, 1.82) is 0 Å². The molecule has 0 aliphatic heterocycles. The maximum Gasteiger partial charge on any atom is 0.215 e. The highest BCUT2D eigenvalue weighted by molar-refractivity contribution is 7.88. The Balaban J connectivity index is 1.94. The molecule has 1 N–H and O–H groups in total. The van der Waals surface area contributed by atoms with Crippen molar-refractivity contribution in [2.75, 3.05) is 6.54 Å². The molecule has 2 aromatic carbocycles. The summed E-state index contributed by atoms with van der Waals surface area (Å²) < 4.78 is 52.8. The van der Waals surface area contributed by atoms with Crippen molar-refractivity contribution in [1.82, 2.24) is 4.72 Å². The first-order valence-corrected chi connectivity index (χ1v) is 8.48. The molecule has 0 heterocycles. The largest absolute Gasteiger partial charge is 0.215 e. The molecule has 2 aromatic rings. The van der Waals surface area contributed by atoms with Gasteiger partial charge in [-0.15, -0.1) is 0 Å². The smallest absolute Gasteiger partial charge is 0.215 e. The summed E-state index contributed by atoms with van der Waals surface area (Å²) in [5.74, 6) is -1.22. The molecule has 0 aliphatic carbocycles. The van der Waals surface area contributed by atoms with Crippen LogP contribution in [0.1, 0.15) is 16.7 Å². The SMILES string of the molecule is Cc1cccc(CS(=O)(=O)NCCc2cc(F)ccc2F)c1. The van der Waals surface area contributed by atoms with Gasteiger partial charge >= 0.3 is 0 Å². The number of hydrogen-bond acceptors (Lipinski definition) is 2. The summed E-state index contributed by atoms with van der Waals surface area (Å²) in [4.78, 5) is 0. The second-order valence-electron chi connectivity index (χ2n) is 5.13. The summed E-state index contributed by atoms with van der Waals surface area (Å²) in [5.41, 5.74) is 1.82. The van der Waals surface area contributed by atoms with Crippen LogP contribution in [0, 0.1) is 18.6 Å². The average molecular weight is 325 g/mol. The lowest BCUT2D eigenvalue weighted by Crippen LogP contribution is -2.27. The molecule has 22 heavy (non-hydrogen) atoms. The summed E-state index contributed by atoms with van der Waals surface area (Å²) in [7, 11) is -3.51. The molecular formula is C16H17F2NO2S. The van der Waals surface area contributed by atoms with Crippen molar-refractivity contribution in [3.05, 3.63) is 70.8 Å². The lowest BCUT2D eigenvalue weighted by Gasteiger charge is -2.08. The van der Waals surface area contributed by atoms with Gasteiger partial charge in [-0.3, -0.25) is 0 Å². The molecule has 0 aromatic heterocycles. The fraction of sp³-hybridized carbons (Fsp3) is 0.250. The molecule has 6 heteroatoms. The highest BCUT2D eigenvalue weighted by atomic mass is 32.2. The lowest BCUT2D eigenvalue weighted by atomic mass is 10.1. The molecule has 0 saturated carbocycles. The molecule has 0 amide bonds. The van der Waals surface area contributed by atoms with Gasteiger partial charge in [0.2, 0.25) is 10.0 Å². The number of nitrogens with one attached hydrogen (secondary N) is 1. The van der Waals surface area contributed by atoms with E-state index in [0.29, 0.717) is 5.56 Å². The second-order valence-corrected chi connectivity index (χ2v) is 6.94. The number of rotatable bonds is 6. The monoisotopic (exact) mass is 325 g/mol. The Hall–Kier alpha value is -1.79. The Labute approximate surface area is 129 Å². The molecule has 0 unspecified atom stereocenters. The maximum absolute atomic E-state index is 13.4. The van der Waals surface area contributed by atoms with Crippen molar-refractivity contribution in [3.63, 3.8) is 0 Å². The minimum Gasteiger partial charge on any atom is -0.215 e. The predicted molar refractivity (Wildman–Crippen MR) is 81.9 cm³/mol. The zero-order valence-electron chi connectivity index (χ0n) is 12.1. The van der Waals surface area contributed by atoms with Crippen molar-refractivity contribution >= 4 is 10.0 Å². The van der Waals surface area contributed by atoms with Gasteiger partial charge in [-0.25, -0.2) is 21.9 Å². The van der Waals surface area contributed by atoms with Gasteiger partial charge in [0.1, 0.15) is 11.6 Å². The van der Waals surface area contributed by atoms with E-state index in [4.69, 9.17) is 0 Å². The Morgan fingerprint density at radius 3 is 2.59 bits per heavy atom. The van der Waals surface area contributed by atoms with E-state index in [1.54, 1.807) is 18.2 Å². The van der Waals surface area contributed by atoms with E-state index in [-0.39, 0.29) is 24.3 Å². The third-order valence-electron chi connectivity index (χ3n) is 3.16. The van der Waals surface area contributed by atoms with Gasteiger partial charge in [-0.05, 0) is 42.7 Å². The van der Waals surface area contributed by atoms with Crippen molar-refractivity contribution in [2.45, 2.75) is 19.1 Å². The summed E-state index contributed by atoms with van der Waals surface area (Å²) in [6.07, 6.45) is 0.0939. The third kappa shape index (κ3) is 4.89. The topological polar surface area (TPSA) is 46.2 Å². The first kappa shape index (κ1) is 16.6. The van der Waals surface area contributed by atoms with Crippen LogP contribution in [0.2, 0.25) is 0 Å². The highest BCUT2D eigenvalue weighted by Gasteiger charge is 2.12. The number of aryl methyl sites for hydroxylation is 1. The first-order valence-electron chi connectivity index (χ1n) is 6.82. The number of hydrogen-bond donors (Lipinski definition) is 1. The van der Waals surface area contributed by atoms with Crippen LogP contribution in [0.15, 0.2) is 42.5 Å². The molecule has 0 atom stereocenters. The van der Waals surface area contributed by atoms with Crippen molar-refractivity contribution < 1.29 is 17.2 Å². The summed E-state index contributed by atoms with van der Waals surface area (Å²) in [5, 5.41) is 0. The van der Waals surface area contributed by atoms with Crippen molar-refractivity contribution in [3.8, 4) is 0 Å². The molecule has 0 aliphatic rings. The van der Waals surface area contributed by atoms with Crippen LogP contribution in [0.3, 0.4) is 0 Å². The first-order chi connectivity index (χ1) is 10.4. The Kier molecular flexibility index (Phi) is 5.26. The lowest BCUT2D eigenvalue weighted by molar-refractivity contribution is 0.572. The summed E-state index contributed by atoms with van der Waals surface area (Å²) >= 11 is 0. The van der Waals surface area contributed by atoms with E-state index in [0.717, 1.165) is 23.8 Å². The van der Waals surface area contributed by atoms with E-state index in [2.05, 4.69) is 4.72 Å². The van der Waals surface area contributed by atoms with E-state index in [1.165, 1.54) is 0 Å². The quantitative estimate of drug-likeness (QED) is 0.887. The Morgan fingerprint density at radius 1 is 1.09 bits per heavy atom. The van der Waals surface area contributed by atoms with Crippen LogP contribution < -0.4 is 4.72 Å². The van der Waals surface area contributed by atoms with E-state index in [9.17, 15) is 17.2 Å². The van der Waals surface area contributed by atoms with Crippen LogP contribution in [-0.2, 0) is 22.2 Å². The average Bonchev–Trinajstić information content (AvgIpc) is 2.42. The second kappa shape index (κ2) is 6.98. The minimum atomic E-state index is -3.51. The predicted octanol–water partition coefficient (Wildman–Crippen LogP) is 2.94. The van der Waals surface area contributed by atoms with Crippen molar-refractivity contribution in [2.24, 2.45) is 0 Å². The van der Waals surface area contributed by atoms with E-state index >= 15 is 0 Å². The molecule has 2 rings (SSSR count). The van der Waals surface area contributed by atoms with Gasteiger partial charge in [-0.2, -0.15) is 0 Å². The minimum absolute atomic E-state index is 0.0223. The summed E-state index contributed by atoms with van der Waals surface area (Å²) in [6.45, 7) is 1.91. The van der Waals surface area contributed by atoms with Crippen LogP contribution in [0.25, 0.3) is 0 Å². The van der Waals surface area contributed by atoms with Gasteiger partial charge < -0.3 is 0 Å². The number of sulfonamides is 1. The molecule has 118 valence electrons. The van der Waals surface area contributed by atoms with E-state index in [1.807, 2.05) is 13.0 Å². The molecule has 0 bridgehead atoms. The molecule has 0 spiro atoms. The van der Waals surface area contributed by atoms with Gasteiger partial charge in [0, 0.05) is 6.54 Å². The Morgan fingerprint density at radius 2 is 1.86 bits per heavy atom. The molecular weight excluding hydrogens is 308 g/mol. The van der Waals surface area contributed by atoms with Gasteiger partial charge in [0.25, 0.3) is 0 Å². The van der Waals surface area contributed by atoms with Crippen LogP contribution in [-0.4, -0.2) is 15.0 Å². The van der Waals surface area contributed by atoms with Crippen LogP contribution in [0.5, 0.6) is 0 Å². The molecule has 0 saturated heterocycles. The van der Waals surface area contributed by atoms with Crippen LogP contribution in [0.4, 0.5) is 8.78 Å². The summed E-state index contributed by atoms with van der Waals surface area (Å²) in [6, 6.07) is 10.3. The third-order valence-corrected chi connectivity index (χ3v) is 4.52. The Bertz CT molecular complexity index is 760. The fourth-order valence-electron chi connectivity index (χ4n) is 2.15. The van der Waals surface area contributed by atoms with E-state index < -0.39 is 21.7 Å². The highest BCUT2D eigenvalue weighted by Crippen LogP contribution is 2.11. The molecule has 0 radical (unpaired) electrons. The number of benzene rings is 2. The number of halogens is 2.